The summed E-state index contributed by atoms with van der Waals surface area (Å²) in [4.78, 5) is 2.37. The SMILES string of the molecule is c1ccc(-c2ccc(N(c3ccc4c(c3)oc3ccccc34)c3c(-c4cccc5c4oc4ccccc45)cccc3-c3cccc4c3oc3ccccc34)cc2)cc1. The fourth-order valence-electron chi connectivity index (χ4n) is 8.83. The van der Waals surface area contributed by atoms with Crippen molar-refractivity contribution in [1.29, 1.82) is 0 Å². The molecular weight excluding hydrogens is 711 g/mol. The highest BCUT2D eigenvalue weighted by molar-refractivity contribution is 6.15. The van der Waals surface area contributed by atoms with Crippen molar-refractivity contribution in [3.63, 3.8) is 0 Å². The minimum atomic E-state index is 0.822. The summed E-state index contributed by atoms with van der Waals surface area (Å²) in [6.07, 6.45) is 0. The molecule has 0 unspecified atom stereocenters. The van der Waals surface area contributed by atoms with Crippen molar-refractivity contribution < 1.29 is 13.3 Å². The zero-order chi connectivity index (χ0) is 38.2. The Hall–Kier alpha value is -7.82. The minimum absolute atomic E-state index is 0.822. The highest BCUT2D eigenvalue weighted by atomic mass is 16.3. The molecule has 9 aromatic carbocycles. The second-order valence-electron chi connectivity index (χ2n) is 14.8. The number of benzene rings is 9. The van der Waals surface area contributed by atoms with Crippen LogP contribution in [-0.4, -0.2) is 0 Å². The van der Waals surface area contributed by atoms with E-state index in [0.717, 1.165) is 111 Å². The van der Waals surface area contributed by atoms with Gasteiger partial charge in [-0.2, -0.15) is 0 Å². The molecule has 3 heterocycles. The summed E-state index contributed by atoms with van der Waals surface area (Å²) in [5.74, 6) is 0. The maximum absolute atomic E-state index is 6.74. The van der Waals surface area contributed by atoms with E-state index < -0.39 is 0 Å². The largest absolute Gasteiger partial charge is 0.456 e. The average Bonchev–Trinajstić information content (AvgIpc) is 3.98. The molecule has 12 rings (SSSR count). The Morgan fingerprint density at radius 1 is 0.276 bits per heavy atom. The maximum Gasteiger partial charge on any atom is 0.143 e. The summed E-state index contributed by atoms with van der Waals surface area (Å²) in [6, 6.07) is 70.2. The van der Waals surface area contributed by atoms with Crippen LogP contribution in [0.2, 0.25) is 0 Å². The van der Waals surface area contributed by atoms with Crippen LogP contribution in [0.3, 0.4) is 0 Å². The van der Waals surface area contributed by atoms with Gasteiger partial charge in [0.05, 0.1) is 5.69 Å². The molecule has 3 aromatic heterocycles. The summed E-state index contributed by atoms with van der Waals surface area (Å²) in [7, 11) is 0. The van der Waals surface area contributed by atoms with Gasteiger partial charge in [0.2, 0.25) is 0 Å². The molecule has 0 atom stereocenters. The highest BCUT2D eigenvalue weighted by Gasteiger charge is 2.26. The molecule has 12 aromatic rings. The Kier molecular flexibility index (Phi) is 7.20. The van der Waals surface area contributed by atoms with E-state index in [2.05, 4.69) is 169 Å². The van der Waals surface area contributed by atoms with Crippen molar-refractivity contribution in [3.8, 4) is 33.4 Å². The monoisotopic (exact) mass is 743 g/mol. The van der Waals surface area contributed by atoms with Crippen molar-refractivity contribution in [2.75, 3.05) is 4.90 Å². The van der Waals surface area contributed by atoms with Crippen molar-refractivity contribution in [2.45, 2.75) is 0 Å². The van der Waals surface area contributed by atoms with Gasteiger partial charge in [-0.15, -0.1) is 0 Å². The van der Waals surface area contributed by atoms with E-state index in [4.69, 9.17) is 13.3 Å². The van der Waals surface area contributed by atoms with E-state index >= 15 is 0 Å². The fourth-order valence-corrected chi connectivity index (χ4v) is 8.83. The van der Waals surface area contributed by atoms with Gasteiger partial charge in [0, 0.05) is 72.0 Å². The van der Waals surface area contributed by atoms with Crippen molar-refractivity contribution in [2.24, 2.45) is 0 Å². The summed E-state index contributed by atoms with van der Waals surface area (Å²) >= 11 is 0. The number of hydrogen-bond acceptors (Lipinski definition) is 4. The number of furan rings is 3. The average molecular weight is 744 g/mol. The molecule has 0 aliphatic carbocycles. The number of para-hydroxylation sites is 6. The summed E-state index contributed by atoms with van der Waals surface area (Å²) < 4.78 is 20.0. The smallest absolute Gasteiger partial charge is 0.143 e. The van der Waals surface area contributed by atoms with Gasteiger partial charge >= 0.3 is 0 Å². The number of fused-ring (bicyclic) bond motifs is 9. The second kappa shape index (κ2) is 12.9. The van der Waals surface area contributed by atoms with E-state index in [1.54, 1.807) is 0 Å². The molecular formula is C54H33NO3. The van der Waals surface area contributed by atoms with Crippen LogP contribution in [0.1, 0.15) is 0 Å². The van der Waals surface area contributed by atoms with Gasteiger partial charge in [0.25, 0.3) is 0 Å². The Morgan fingerprint density at radius 2 is 0.707 bits per heavy atom. The number of nitrogens with zero attached hydrogens (tertiary/aromatic N) is 1. The van der Waals surface area contributed by atoms with Crippen LogP contribution in [-0.2, 0) is 0 Å². The molecule has 0 radical (unpaired) electrons. The molecule has 0 saturated carbocycles. The Morgan fingerprint density at radius 3 is 1.31 bits per heavy atom. The van der Waals surface area contributed by atoms with E-state index in [1.165, 1.54) is 5.56 Å². The van der Waals surface area contributed by atoms with Crippen LogP contribution in [0.5, 0.6) is 0 Å². The molecule has 0 bridgehead atoms. The zero-order valence-corrected chi connectivity index (χ0v) is 31.2. The predicted octanol–water partition coefficient (Wildman–Crippen LogP) is 15.9. The van der Waals surface area contributed by atoms with Crippen LogP contribution < -0.4 is 4.90 Å². The fraction of sp³-hybridized carbons (Fsp3) is 0. The first-order valence-corrected chi connectivity index (χ1v) is 19.6. The van der Waals surface area contributed by atoms with Crippen LogP contribution in [0.4, 0.5) is 17.1 Å². The summed E-state index contributed by atoms with van der Waals surface area (Å²) in [6.45, 7) is 0. The van der Waals surface area contributed by atoms with Crippen molar-refractivity contribution >= 4 is 82.9 Å². The van der Waals surface area contributed by atoms with Gasteiger partial charge in [0.15, 0.2) is 0 Å². The van der Waals surface area contributed by atoms with Crippen molar-refractivity contribution in [3.05, 3.63) is 200 Å². The van der Waals surface area contributed by atoms with Crippen LogP contribution in [0.25, 0.3) is 99.2 Å². The molecule has 0 fully saturated rings. The molecule has 0 spiro atoms. The molecule has 0 amide bonds. The van der Waals surface area contributed by atoms with Crippen molar-refractivity contribution in [1.82, 2.24) is 0 Å². The minimum Gasteiger partial charge on any atom is -0.456 e. The lowest BCUT2D eigenvalue weighted by atomic mass is 9.92. The molecule has 272 valence electrons. The number of anilines is 3. The molecule has 58 heavy (non-hydrogen) atoms. The normalized spacial score (nSPS) is 11.8. The molecule has 4 nitrogen and oxygen atoms in total. The van der Waals surface area contributed by atoms with Gasteiger partial charge in [0.1, 0.15) is 33.5 Å². The van der Waals surface area contributed by atoms with E-state index in [1.807, 2.05) is 36.4 Å². The predicted molar refractivity (Wildman–Crippen MR) is 239 cm³/mol. The van der Waals surface area contributed by atoms with E-state index in [0.29, 0.717) is 0 Å². The summed E-state index contributed by atoms with van der Waals surface area (Å²) in [5, 5.41) is 6.50. The highest BCUT2D eigenvalue weighted by Crippen LogP contribution is 2.51. The first-order valence-electron chi connectivity index (χ1n) is 19.6. The summed E-state index contributed by atoms with van der Waals surface area (Å²) in [5.41, 5.74) is 14.4. The maximum atomic E-state index is 6.74. The molecule has 0 aliphatic rings. The van der Waals surface area contributed by atoms with Gasteiger partial charge in [-0.25, -0.2) is 0 Å². The Labute approximate surface area is 333 Å². The Bertz CT molecular complexity index is 3380. The number of hydrogen-bond donors (Lipinski definition) is 0. The number of rotatable bonds is 6. The third-order valence-electron chi connectivity index (χ3n) is 11.5. The molecule has 0 saturated heterocycles. The van der Waals surface area contributed by atoms with Gasteiger partial charge in [-0.1, -0.05) is 152 Å². The quantitative estimate of drug-likeness (QED) is 0.170. The third-order valence-corrected chi connectivity index (χ3v) is 11.5. The van der Waals surface area contributed by atoms with Crippen LogP contribution in [0.15, 0.2) is 213 Å². The van der Waals surface area contributed by atoms with E-state index in [-0.39, 0.29) is 0 Å². The van der Waals surface area contributed by atoms with Gasteiger partial charge < -0.3 is 18.2 Å². The van der Waals surface area contributed by atoms with Gasteiger partial charge in [-0.05, 0) is 53.6 Å². The van der Waals surface area contributed by atoms with Crippen LogP contribution in [0, 0.1) is 0 Å². The lowest BCUT2D eigenvalue weighted by Gasteiger charge is -2.30. The molecule has 0 N–H and O–H groups in total. The van der Waals surface area contributed by atoms with Crippen LogP contribution >= 0.6 is 0 Å². The first-order chi connectivity index (χ1) is 28.8. The van der Waals surface area contributed by atoms with Gasteiger partial charge in [-0.3, -0.25) is 0 Å². The lowest BCUT2D eigenvalue weighted by Crippen LogP contribution is -2.13. The second-order valence-corrected chi connectivity index (χ2v) is 14.8. The molecule has 0 aliphatic heterocycles. The first kappa shape index (κ1) is 32.4. The Balaban J connectivity index is 1.19. The third kappa shape index (κ3) is 5.02. The standard InChI is InChI=1S/C54H33NO3/c1-2-13-34(14-3-1)35-27-29-36(30-28-35)55(37-31-32-41-38-15-4-7-24-48(38)56-51(41)33-37)52-42(46-22-11-20-44-39-16-5-8-25-49(39)57-53(44)46)18-10-19-43(52)47-23-12-21-45-40-17-6-9-26-50(40)58-54(45)47/h1-33H. The zero-order valence-electron chi connectivity index (χ0n) is 31.2. The topological polar surface area (TPSA) is 42.7 Å². The van der Waals surface area contributed by atoms with E-state index in [9.17, 15) is 0 Å². The molecule has 4 heteroatoms. The lowest BCUT2D eigenvalue weighted by molar-refractivity contribution is 0.668.